The SMILES string of the molecule is CCc1ccccc1Cn1cncc1C1CCCN1. The van der Waals surface area contributed by atoms with E-state index in [4.69, 9.17) is 0 Å². The molecule has 1 aliphatic rings. The van der Waals surface area contributed by atoms with Crippen LogP contribution >= 0.6 is 0 Å². The molecular formula is C16H21N3. The molecule has 3 nitrogen and oxygen atoms in total. The summed E-state index contributed by atoms with van der Waals surface area (Å²) >= 11 is 0. The van der Waals surface area contributed by atoms with Crippen LogP contribution in [0, 0.1) is 0 Å². The highest BCUT2D eigenvalue weighted by molar-refractivity contribution is 5.28. The van der Waals surface area contributed by atoms with Crippen molar-refractivity contribution in [1.29, 1.82) is 0 Å². The van der Waals surface area contributed by atoms with Gasteiger partial charge in [0, 0.05) is 18.8 Å². The minimum absolute atomic E-state index is 0.483. The molecule has 2 heterocycles. The van der Waals surface area contributed by atoms with Gasteiger partial charge in [0.2, 0.25) is 0 Å². The van der Waals surface area contributed by atoms with E-state index in [1.54, 1.807) is 0 Å². The fourth-order valence-corrected chi connectivity index (χ4v) is 2.93. The minimum atomic E-state index is 0.483. The molecule has 100 valence electrons. The molecule has 1 atom stereocenters. The Bertz CT molecular complexity index is 538. The lowest BCUT2D eigenvalue weighted by molar-refractivity contribution is 0.583. The van der Waals surface area contributed by atoms with Crippen LogP contribution in [0.3, 0.4) is 0 Å². The van der Waals surface area contributed by atoms with Crippen LogP contribution in [0.25, 0.3) is 0 Å². The standard InChI is InChI=1S/C16H21N3/c1-2-13-6-3-4-7-14(13)11-19-12-17-10-16(19)15-8-5-9-18-15/h3-4,6-7,10,12,15,18H,2,5,8-9,11H2,1H3. The quantitative estimate of drug-likeness (QED) is 0.910. The van der Waals surface area contributed by atoms with E-state index in [2.05, 4.69) is 46.1 Å². The van der Waals surface area contributed by atoms with Crippen molar-refractivity contribution in [1.82, 2.24) is 14.9 Å². The zero-order valence-electron chi connectivity index (χ0n) is 11.5. The van der Waals surface area contributed by atoms with Gasteiger partial charge in [-0.1, -0.05) is 31.2 Å². The summed E-state index contributed by atoms with van der Waals surface area (Å²) in [6, 6.07) is 9.18. The van der Waals surface area contributed by atoms with Gasteiger partial charge in [-0.15, -0.1) is 0 Å². The number of hydrogen-bond donors (Lipinski definition) is 1. The molecule has 1 N–H and O–H groups in total. The second kappa shape index (κ2) is 5.57. The molecule has 1 aromatic heterocycles. The number of nitrogens with one attached hydrogen (secondary N) is 1. The second-order valence-electron chi connectivity index (χ2n) is 5.22. The molecule has 0 radical (unpaired) electrons. The van der Waals surface area contributed by atoms with E-state index in [-0.39, 0.29) is 0 Å². The summed E-state index contributed by atoms with van der Waals surface area (Å²) in [5.74, 6) is 0. The molecule has 1 saturated heterocycles. The number of aromatic nitrogens is 2. The predicted octanol–water partition coefficient (Wildman–Crippen LogP) is 2.92. The summed E-state index contributed by atoms with van der Waals surface area (Å²) in [5.41, 5.74) is 4.16. The molecule has 0 spiro atoms. The lowest BCUT2D eigenvalue weighted by atomic mass is 10.1. The van der Waals surface area contributed by atoms with Crippen LogP contribution in [0.15, 0.2) is 36.8 Å². The maximum Gasteiger partial charge on any atom is 0.0951 e. The Morgan fingerprint density at radius 1 is 1.32 bits per heavy atom. The summed E-state index contributed by atoms with van der Waals surface area (Å²) in [6.45, 7) is 4.27. The monoisotopic (exact) mass is 255 g/mol. The average Bonchev–Trinajstić information content (AvgIpc) is 3.09. The number of benzene rings is 1. The van der Waals surface area contributed by atoms with Gasteiger partial charge in [0.25, 0.3) is 0 Å². The Kier molecular flexibility index (Phi) is 3.65. The average molecular weight is 255 g/mol. The van der Waals surface area contributed by atoms with E-state index in [1.165, 1.54) is 29.7 Å². The Labute approximate surface area is 114 Å². The highest BCUT2D eigenvalue weighted by atomic mass is 15.1. The Balaban J connectivity index is 1.85. The Morgan fingerprint density at radius 3 is 2.89 bits per heavy atom. The molecular weight excluding hydrogens is 234 g/mol. The van der Waals surface area contributed by atoms with E-state index in [0.717, 1.165) is 19.5 Å². The molecule has 1 unspecified atom stereocenters. The van der Waals surface area contributed by atoms with Crippen molar-refractivity contribution in [2.45, 2.75) is 38.8 Å². The normalized spacial score (nSPS) is 18.9. The van der Waals surface area contributed by atoms with Crippen molar-refractivity contribution in [2.24, 2.45) is 0 Å². The van der Waals surface area contributed by atoms with Crippen molar-refractivity contribution in [3.05, 3.63) is 53.6 Å². The van der Waals surface area contributed by atoms with Gasteiger partial charge >= 0.3 is 0 Å². The Morgan fingerprint density at radius 2 is 2.16 bits per heavy atom. The van der Waals surface area contributed by atoms with Gasteiger partial charge in [-0.05, 0) is 36.9 Å². The lowest BCUT2D eigenvalue weighted by Crippen LogP contribution is -2.17. The molecule has 1 aliphatic heterocycles. The van der Waals surface area contributed by atoms with Crippen molar-refractivity contribution < 1.29 is 0 Å². The summed E-state index contributed by atoms with van der Waals surface area (Å²) in [5, 5.41) is 3.55. The number of nitrogens with zero attached hydrogens (tertiary/aromatic N) is 2. The molecule has 0 amide bonds. The molecule has 3 heteroatoms. The summed E-state index contributed by atoms with van der Waals surface area (Å²) in [7, 11) is 0. The van der Waals surface area contributed by atoms with Crippen LogP contribution in [0.2, 0.25) is 0 Å². The van der Waals surface area contributed by atoms with E-state index in [1.807, 2.05) is 12.5 Å². The second-order valence-corrected chi connectivity index (χ2v) is 5.22. The van der Waals surface area contributed by atoms with E-state index in [0.29, 0.717) is 6.04 Å². The summed E-state index contributed by atoms with van der Waals surface area (Å²) in [4.78, 5) is 4.34. The highest BCUT2D eigenvalue weighted by Crippen LogP contribution is 2.23. The summed E-state index contributed by atoms with van der Waals surface area (Å²) < 4.78 is 2.29. The van der Waals surface area contributed by atoms with Gasteiger partial charge in [0.05, 0.1) is 12.0 Å². The number of imidazole rings is 1. The molecule has 1 aromatic carbocycles. The van der Waals surface area contributed by atoms with Gasteiger partial charge in [-0.2, -0.15) is 0 Å². The molecule has 2 aromatic rings. The minimum Gasteiger partial charge on any atom is -0.329 e. The zero-order chi connectivity index (χ0) is 13.1. The first-order valence-electron chi connectivity index (χ1n) is 7.18. The number of aryl methyl sites for hydroxylation is 1. The van der Waals surface area contributed by atoms with Crippen LogP contribution in [-0.2, 0) is 13.0 Å². The van der Waals surface area contributed by atoms with Crippen LogP contribution in [0.4, 0.5) is 0 Å². The molecule has 0 saturated carbocycles. The van der Waals surface area contributed by atoms with Crippen LogP contribution in [0.1, 0.15) is 42.6 Å². The third-order valence-corrected chi connectivity index (χ3v) is 4.00. The molecule has 0 bridgehead atoms. The van der Waals surface area contributed by atoms with Crippen LogP contribution in [-0.4, -0.2) is 16.1 Å². The van der Waals surface area contributed by atoms with Gasteiger partial charge in [-0.3, -0.25) is 0 Å². The molecule has 3 rings (SSSR count). The smallest absolute Gasteiger partial charge is 0.0951 e. The number of hydrogen-bond acceptors (Lipinski definition) is 2. The van der Waals surface area contributed by atoms with Gasteiger partial charge < -0.3 is 9.88 Å². The first-order valence-corrected chi connectivity index (χ1v) is 7.18. The fraction of sp³-hybridized carbons (Fsp3) is 0.438. The van der Waals surface area contributed by atoms with E-state index >= 15 is 0 Å². The predicted molar refractivity (Wildman–Crippen MR) is 77.1 cm³/mol. The lowest BCUT2D eigenvalue weighted by Gasteiger charge is -2.15. The van der Waals surface area contributed by atoms with Crippen LogP contribution < -0.4 is 5.32 Å². The van der Waals surface area contributed by atoms with Crippen molar-refractivity contribution in [2.75, 3.05) is 6.54 Å². The van der Waals surface area contributed by atoms with Gasteiger partial charge in [-0.25, -0.2) is 4.98 Å². The largest absolute Gasteiger partial charge is 0.329 e. The van der Waals surface area contributed by atoms with E-state index < -0.39 is 0 Å². The summed E-state index contributed by atoms with van der Waals surface area (Å²) in [6.07, 6.45) is 7.55. The topological polar surface area (TPSA) is 29.9 Å². The molecule has 19 heavy (non-hydrogen) atoms. The molecule has 1 fully saturated rings. The third kappa shape index (κ3) is 2.56. The zero-order valence-corrected chi connectivity index (χ0v) is 11.5. The maximum absolute atomic E-state index is 4.34. The number of rotatable bonds is 4. The van der Waals surface area contributed by atoms with Crippen molar-refractivity contribution >= 4 is 0 Å². The third-order valence-electron chi connectivity index (χ3n) is 4.00. The first kappa shape index (κ1) is 12.4. The molecule has 0 aliphatic carbocycles. The van der Waals surface area contributed by atoms with Crippen molar-refractivity contribution in [3.63, 3.8) is 0 Å². The fourth-order valence-electron chi connectivity index (χ4n) is 2.93. The van der Waals surface area contributed by atoms with Crippen molar-refractivity contribution in [3.8, 4) is 0 Å². The highest BCUT2D eigenvalue weighted by Gasteiger charge is 2.19. The van der Waals surface area contributed by atoms with Gasteiger partial charge in [0.15, 0.2) is 0 Å². The van der Waals surface area contributed by atoms with Crippen LogP contribution in [0.5, 0.6) is 0 Å². The maximum atomic E-state index is 4.34. The Hall–Kier alpha value is -1.61. The van der Waals surface area contributed by atoms with Gasteiger partial charge in [0.1, 0.15) is 0 Å². The van der Waals surface area contributed by atoms with E-state index in [9.17, 15) is 0 Å². The first-order chi connectivity index (χ1) is 9.38.